The van der Waals surface area contributed by atoms with Crippen LogP contribution >= 0.6 is 0 Å². The summed E-state index contributed by atoms with van der Waals surface area (Å²) in [4.78, 5) is 16.0. The molecule has 5 nitrogen and oxygen atoms in total. The number of ether oxygens (including phenoxy) is 2. The van der Waals surface area contributed by atoms with Crippen LogP contribution in [0.1, 0.15) is 43.4 Å². The molecule has 5 heteroatoms. The first-order chi connectivity index (χ1) is 13.6. The Morgan fingerprint density at radius 1 is 1.07 bits per heavy atom. The molecule has 0 aliphatic rings. The molecule has 148 valence electrons. The fourth-order valence-electron chi connectivity index (χ4n) is 3.42. The van der Waals surface area contributed by atoms with Gasteiger partial charge in [0.05, 0.1) is 26.7 Å². The van der Waals surface area contributed by atoms with Gasteiger partial charge in [-0.15, -0.1) is 0 Å². The fraction of sp³-hybridized carbons (Fsp3) is 0.348. The van der Waals surface area contributed by atoms with Gasteiger partial charge in [-0.25, -0.2) is 0 Å². The Labute approximate surface area is 166 Å². The van der Waals surface area contributed by atoms with Gasteiger partial charge in [0.15, 0.2) is 0 Å². The van der Waals surface area contributed by atoms with E-state index in [1.165, 1.54) is 0 Å². The lowest BCUT2D eigenvalue weighted by Gasteiger charge is -2.19. The van der Waals surface area contributed by atoms with Crippen molar-refractivity contribution in [1.82, 2.24) is 10.3 Å². The minimum Gasteiger partial charge on any atom is -0.497 e. The summed E-state index contributed by atoms with van der Waals surface area (Å²) in [6.07, 6.45) is 5.28. The van der Waals surface area contributed by atoms with E-state index in [1.807, 2.05) is 48.7 Å². The van der Waals surface area contributed by atoms with Crippen molar-refractivity contribution in [2.45, 2.75) is 38.6 Å². The molecule has 1 heterocycles. The molecule has 0 aliphatic heterocycles. The number of carbonyl (C=O) groups excluding carboxylic acids is 1. The van der Waals surface area contributed by atoms with Gasteiger partial charge in [-0.3, -0.25) is 4.79 Å². The average molecular weight is 380 g/mol. The Kier molecular flexibility index (Phi) is 6.58. The number of hydrogen-bond donors (Lipinski definition) is 2. The monoisotopic (exact) mass is 380 g/mol. The van der Waals surface area contributed by atoms with E-state index in [4.69, 9.17) is 9.47 Å². The zero-order valence-corrected chi connectivity index (χ0v) is 16.7. The normalized spacial score (nSPS) is 12.0. The number of rotatable bonds is 9. The van der Waals surface area contributed by atoms with Crippen LogP contribution in [0.15, 0.2) is 48.7 Å². The van der Waals surface area contributed by atoms with Gasteiger partial charge < -0.3 is 19.8 Å². The number of amides is 1. The van der Waals surface area contributed by atoms with Crippen molar-refractivity contribution in [3.8, 4) is 11.5 Å². The summed E-state index contributed by atoms with van der Waals surface area (Å²) in [7, 11) is 3.30. The lowest BCUT2D eigenvalue weighted by Crippen LogP contribution is -2.29. The number of H-pyrrole nitrogens is 1. The van der Waals surface area contributed by atoms with E-state index >= 15 is 0 Å². The minimum absolute atomic E-state index is 0.00176. The van der Waals surface area contributed by atoms with Crippen LogP contribution in [0, 0.1) is 0 Å². The van der Waals surface area contributed by atoms with E-state index in [1.54, 1.807) is 14.2 Å². The van der Waals surface area contributed by atoms with Crippen molar-refractivity contribution in [3.63, 3.8) is 0 Å². The second-order valence-corrected chi connectivity index (χ2v) is 6.94. The Bertz CT molecular complexity index is 915. The first-order valence-electron chi connectivity index (χ1n) is 9.72. The van der Waals surface area contributed by atoms with Gasteiger partial charge in [-0.05, 0) is 47.9 Å². The van der Waals surface area contributed by atoms with Crippen molar-refractivity contribution in [2.75, 3.05) is 14.2 Å². The summed E-state index contributed by atoms with van der Waals surface area (Å²) < 4.78 is 10.6. The smallest absolute Gasteiger partial charge is 0.224 e. The molecule has 0 saturated carbocycles. The highest BCUT2D eigenvalue weighted by Crippen LogP contribution is 2.25. The van der Waals surface area contributed by atoms with E-state index in [0.29, 0.717) is 6.42 Å². The SMILES string of the molecule is CCCCC(NC(=O)Cc1c[nH]c2ccc(OC)cc12)c1ccc(OC)cc1. The second kappa shape index (κ2) is 9.31. The Hall–Kier alpha value is -2.95. The maximum absolute atomic E-state index is 12.8. The van der Waals surface area contributed by atoms with Crippen LogP contribution < -0.4 is 14.8 Å². The molecule has 1 atom stereocenters. The molecule has 0 radical (unpaired) electrons. The minimum atomic E-state index is -0.00176. The molecule has 0 saturated heterocycles. The summed E-state index contributed by atoms with van der Waals surface area (Å²) in [5.74, 6) is 1.62. The maximum Gasteiger partial charge on any atom is 0.224 e. The molecule has 3 aromatic rings. The zero-order chi connectivity index (χ0) is 19.9. The fourth-order valence-corrected chi connectivity index (χ4v) is 3.42. The largest absolute Gasteiger partial charge is 0.497 e. The van der Waals surface area contributed by atoms with Crippen molar-refractivity contribution in [2.24, 2.45) is 0 Å². The van der Waals surface area contributed by atoms with Crippen LogP contribution in [0.4, 0.5) is 0 Å². The van der Waals surface area contributed by atoms with Crippen molar-refractivity contribution >= 4 is 16.8 Å². The highest BCUT2D eigenvalue weighted by atomic mass is 16.5. The lowest BCUT2D eigenvalue weighted by molar-refractivity contribution is -0.121. The van der Waals surface area contributed by atoms with Crippen LogP contribution in [0.5, 0.6) is 11.5 Å². The second-order valence-electron chi connectivity index (χ2n) is 6.94. The zero-order valence-electron chi connectivity index (χ0n) is 16.7. The number of nitrogens with one attached hydrogen (secondary N) is 2. The number of hydrogen-bond acceptors (Lipinski definition) is 3. The number of fused-ring (bicyclic) bond motifs is 1. The molecule has 0 fully saturated rings. The summed E-state index contributed by atoms with van der Waals surface area (Å²) in [6, 6.07) is 13.8. The van der Waals surface area contributed by atoms with Crippen molar-refractivity contribution in [1.29, 1.82) is 0 Å². The highest BCUT2D eigenvalue weighted by molar-refractivity contribution is 5.89. The van der Waals surface area contributed by atoms with Gasteiger partial charge in [0.1, 0.15) is 11.5 Å². The molecule has 28 heavy (non-hydrogen) atoms. The number of unbranched alkanes of at least 4 members (excludes halogenated alkanes) is 1. The third-order valence-electron chi connectivity index (χ3n) is 5.03. The summed E-state index contributed by atoms with van der Waals surface area (Å²) in [5.41, 5.74) is 3.07. The van der Waals surface area contributed by atoms with Gasteiger partial charge in [-0.2, -0.15) is 0 Å². The third kappa shape index (κ3) is 4.66. The van der Waals surface area contributed by atoms with Crippen LogP contribution in [0.25, 0.3) is 10.9 Å². The molecule has 1 amide bonds. The molecular weight excluding hydrogens is 352 g/mol. The van der Waals surface area contributed by atoms with Gasteiger partial charge in [0.2, 0.25) is 5.91 Å². The molecule has 1 unspecified atom stereocenters. The predicted molar refractivity (Wildman–Crippen MR) is 112 cm³/mol. The summed E-state index contributed by atoms with van der Waals surface area (Å²) >= 11 is 0. The van der Waals surface area contributed by atoms with Gasteiger partial charge >= 0.3 is 0 Å². The first kappa shape index (κ1) is 19.8. The maximum atomic E-state index is 12.8. The number of aromatic amines is 1. The summed E-state index contributed by atoms with van der Waals surface area (Å²) in [5, 5.41) is 4.23. The number of aromatic nitrogens is 1. The molecule has 1 aromatic heterocycles. The number of carbonyl (C=O) groups is 1. The highest BCUT2D eigenvalue weighted by Gasteiger charge is 2.16. The lowest BCUT2D eigenvalue weighted by atomic mass is 10.0. The predicted octanol–water partition coefficient (Wildman–Crippen LogP) is 4.78. The molecule has 0 bridgehead atoms. The molecule has 0 spiro atoms. The molecule has 3 rings (SSSR count). The van der Waals surface area contributed by atoms with Crippen LogP contribution in [0.2, 0.25) is 0 Å². The molecule has 0 aliphatic carbocycles. The number of methoxy groups -OCH3 is 2. The quantitative estimate of drug-likeness (QED) is 0.562. The molecule has 2 aromatic carbocycles. The number of benzene rings is 2. The third-order valence-corrected chi connectivity index (χ3v) is 5.03. The van der Waals surface area contributed by atoms with Gasteiger partial charge in [-0.1, -0.05) is 31.9 Å². The van der Waals surface area contributed by atoms with Gasteiger partial charge in [0.25, 0.3) is 0 Å². The Morgan fingerprint density at radius 3 is 2.46 bits per heavy atom. The van der Waals surface area contributed by atoms with E-state index in [2.05, 4.69) is 17.2 Å². The Balaban J connectivity index is 1.74. The van der Waals surface area contributed by atoms with Crippen LogP contribution in [-0.2, 0) is 11.2 Å². The van der Waals surface area contributed by atoms with E-state index in [0.717, 1.165) is 52.8 Å². The Morgan fingerprint density at radius 2 is 1.79 bits per heavy atom. The molecule has 2 N–H and O–H groups in total. The van der Waals surface area contributed by atoms with E-state index < -0.39 is 0 Å². The first-order valence-corrected chi connectivity index (χ1v) is 9.72. The summed E-state index contributed by atoms with van der Waals surface area (Å²) in [6.45, 7) is 2.16. The average Bonchev–Trinajstić information content (AvgIpc) is 3.13. The van der Waals surface area contributed by atoms with Crippen molar-refractivity contribution < 1.29 is 14.3 Å². The van der Waals surface area contributed by atoms with E-state index in [-0.39, 0.29) is 11.9 Å². The van der Waals surface area contributed by atoms with Crippen molar-refractivity contribution in [3.05, 3.63) is 59.8 Å². The molecular formula is C23H28N2O3. The van der Waals surface area contributed by atoms with Gasteiger partial charge in [0, 0.05) is 17.1 Å². The van der Waals surface area contributed by atoms with Crippen LogP contribution in [-0.4, -0.2) is 25.1 Å². The standard InChI is InChI=1S/C23H28N2O3/c1-4-5-6-21(16-7-9-18(27-2)10-8-16)25-23(26)13-17-15-24-22-12-11-19(28-3)14-20(17)22/h7-12,14-15,21,24H,4-6,13H2,1-3H3,(H,25,26). The van der Waals surface area contributed by atoms with Crippen LogP contribution in [0.3, 0.4) is 0 Å². The topological polar surface area (TPSA) is 63.4 Å². The van der Waals surface area contributed by atoms with E-state index in [9.17, 15) is 4.79 Å².